The van der Waals surface area contributed by atoms with Crippen molar-refractivity contribution in [2.45, 2.75) is 26.9 Å². The van der Waals surface area contributed by atoms with E-state index in [2.05, 4.69) is 15.3 Å². The van der Waals surface area contributed by atoms with Crippen LogP contribution >= 0.6 is 0 Å². The average Bonchev–Trinajstić information content (AvgIpc) is 2.47. The lowest BCUT2D eigenvalue weighted by Gasteiger charge is -2.20. The molecule has 0 aliphatic carbocycles. The van der Waals surface area contributed by atoms with Crippen molar-refractivity contribution in [1.82, 2.24) is 9.97 Å². The zero-order chi connectivity index (χ0) is 17.0. The molecule has 0 aliphatic heterocycles. The van der Waals surface area contributed by atoms with Gasteiger partial charge in [-0.3, -0.25) is 0 Å². The van der Waals surface area contributed by atoms with E-state index in [1.807, 2.05) is 18.7 Å². The van der Waals surface area contributed by atoms with Gasteiger partial charge in [0.25, 0.3) is 0 Å². The van der Waals surface area contributed by atoms with Crippen LogP contribution in [0.4, 0.5) is 30.5 Å². The Morgan fingerprint density at radius 2 is 1.78 bits per heavy atom. The predicted molar refractivity (Wildman–Crippen MR) is 85.1 cm³/mol. The number of alkyl halides is 3. The second kappa shape index (κ2) is 6.85. The van der Waals surface area contributed by atoms with Crippen LogP contribution in [0.3, 0.4) is 0 Å². The molecule has 1 N–H and O–H groups in total. The van der Waals surface area contributed by atoms with E-state index >= 15 is 0 Å². The average molecular weight is 324 g/mol. The largest absolute Gasteiger partial charge is 0.416 e. The molecule has 0 saturated heterocycles. The van der Waals surface area contributed by atoms with Crippen molar-refractivity contribution in [3.8, 4) is 0 Å². The molecular formula is C16H19F3N4. The second-order valence-corrected chi connectivity index (χ2v) is 5.03. The smallest absolute Gasteiger partial charge is 0.357 e. The van der Waals surface area contributed by atoms with Crippen LogP contribution in [-0.2, 0) is 6.18 Å². The predicted octanol–water partition coefficient (Wildman–Crippen LogP) is 4.39. The molecule has 0 aliphatic rings. The topological polar surface area (TPSA) is 41.0 Å². The summed E-state index contributed by atoms with van der Waals surface area (Å²) in [6, 6.07) is 6.78. The second-order valence-electron chi connectivity index (χ2n) is 5.03. The summed E-state index contributed by atoms with van der Waals surface area (Å²) >= 11 is 0. The lowest BCUT2D eigenvalue weighted by atomic mass is 10.2. The number of nitrogens with one attached hydrogen (secondary N) is 1. The highest BCUT2D eigenvalue weighted by Crippen LogP contribution is 2.31. The van der Waals surface area contributed by atoms with Crippen molar-refractivity contribution >= 4 is 17.3 Å². The molecule has 0 atom stereocenters. The van der Waals surface area contributed by atoms with E-state index in [-0.39, 0.29) is 0 Å². The number of hydrogen-bond acceptors (Lipinski definition) is 4. The summed E-state index contributed by atoms with van der Waals surface area (Å²) in [6.45, 7) is 7.36. The maximum absolute atomic E-state index is 12.8. The Morgan fingerprint density at radius 1 is 1.09 bits per heavy atom. The molecule has 23 heavy (non-hydrogen) atoms. The summed E-state index contributed by atoms with van der Waals surface area (Å²) in [7, 11) is 0. The van der Waals surface area contributed by atoms with Crippen molar-refractivity contribution in [2.24, 2.45) is 0 Å². The van der Waals surface area contributed by atoms with Crippen molar-refractivity contribution < 1.29 is 13.2 Å². The van der Waals surface area contributed by atoms with Crippen LogP contribution in [-0.4, -0.2) is 23.1 Å². The molecule has 1 heterocycles. The van der Waals surface area contributed by atoms with Crippen molar-refractivity contribution in [3.63, 3.8) is 0 Å². The van der Waals surface area contributed by atoms with Gasteiger partial charge in [-0.1, -0.05) is 6.07 Å². The monoisotopic (exact) mass is 324 g/mol. The molecule has 2 aromatic rings. The van der Waals surface area contributed by atoms with Gasteiger partial charge in [-0.2, -0.15) is 13.2 Å². The lowest BCUT2D eigenvalue weighted by Crippen LogP contribution is -2.23. The molecule has 7 heteroatoms. The summed E-state index contributed by atoms with van der Waals surface area (Å²) in [6.07, 6.45) is -4.37. The van der Waals surface area contributed by atoms with Gasteiger partial charge >= 0.3 is 6.18 Å². The van der Waals surface area contributed by atoms with Crippen LogP contribution in [0.5, 0.6) is 0 Å². The van der Waals surface area contributed by atoms with Crippen LogP contribution in [0.2, 0.25) is 0 Å². The number of anilines is 3. The number of benzene rings is 1. The first-order chi connectivity index (χ1) is 10.8. The zero-order valence-corrected chi connectivity index (χ0v) is 13.3. The summed E-state index contributed by atoms with van der Waals surface area (Å²) in [5.41, 5.74) is -0.360. The number of nitrogens with zero attached hydrogens (tertiary/aromatic N) is 3. The SMILES string of the molecule is CCN(CC)c1cc(Nc2cccc(C(F)(F)F)c2)nc(C)n1. The van der Waals surface area contributed by atoms with E-state index in [1.54, 1.807) is 19.1 Å². The molecule has 0 fully saturated rings. The first-order valence-corrected chi connectivity index (χ1v) is 7.38. The van der Waals surface area contributed by atoms with Gasteiger partial charge in [-0.05, 0) is 39.0 Å². The van der Waals surface area contributed by atoms with Gasteiger partial charge in [-0.15, -0.1) is 0 Å². The lowest BCUT2D eigenvalue weighted by molar-refractivity contribution is -0.137. The van der Waals surface area contributed by atoms with Crippen molar-refractivity contribution in [2.75, 3.05) is 23.3 Å². The van der Waals surface area contributed by atoms with E-state index in [4.69, 9.17) is 0 Å². The van der Waals surface area contributed by atoms with E-state index in [0.717, 1.165) is 31.0 Å². The third-order valence-electron chi connectivity index (χ3n) is 3.37. The molecule has 0 amide bonds. The molecule has 0 unspecified atom stereocenters. The molecule has 0 saturated carbocycles. The van der Waals surface area contributed by atoms with Gasteiger partial charge in [-0.25, -0.2) is 9.97 Å². The van der Waals surface area contributed by atoms with Gasteiger partial charge in [0.05, 0.1) is 5.56 Å². The quantitative estimate of drug-likeness (QED) is 0.885. The molecule has 4 nitrogen and oxygen atoms in total. The van der Waals surface area contributed by atoms with Crippen LogP contribution in [0.1, 0.15) is 25.2 Å². The molecule has 2 rings (SSSR count). The molecule has 0 spiro atoms. The number of rotatable bonds is 5. The number of aromatic nitrogens is 2. The van der Waals surface area contributed by atoms with Crippen molar-refractivity contribution in [1.29, 1.82) is 0 Å². The van der Waals surface area contributed by atoms with Gasteiger partial charge in [0.15, 0.2) is 0 Å². The molecular weight excluding hydrogens is 305 g/mol. The Kier molecular flexibility index (Phi) is 5.08. The summed E-state index contributed by atoms with van der Waals surface area (Å²) in [4.78, 5) is 10.7. The van der Waals surface area contributed by atoms with Crippen LogP contribution < -0.4 is 10.2 Å². The first kappa shape index (κ1) is 17.1. The molecule has 1 aromatic carbocycles. The van der Waals surface area contributed by atoms with Crippen LogP contribution in [0.15, 0.2) is 30.3 Å². The normalized spacial score (nSPS) is 11.4. The van der Waals surface area contributed by atoms with E-state index < -0.39 is 11.7 Å². The Hall–Kier alpha value is -2.31. The fraction of sp³-hybridized carbons (Fsp3) is 0.375. The summed E-state index contributed by atoms with van der Waals surface area (Å²) in [5, 5.41) is 2.92. The Bertz CT molecular complexity index is 667. The van der Waals surface area contributed by atoms with Crippen molar-refractivity contribution in [3.05, 3.63) is 41.7 Å². The molecule has 124 valence electrons. The molecule has 0 radical (unpaired) electrons. The third-order valence-corrected chi connectivity index (χ3v) is 3.37. The highest BCUT2D eigenvalue weighted by atomic mass is 19.4. The summed E-state index contributed by atoms with van der Waals surface area (Å²) < 4.78 is 38.3. The first-order valence-electron chi connectivity index (χ1n) is 7.38. The van der Waals surface area contributed by atoms with Crippen LogP contribution in [0.25, 0.3) is 0 Å². The van der Waals surface area contributed by atoms with Gasteiger partial charge in [0.1, 0.15) is 17.5 Å². The number of aryl methyl sites for hydroxylation is 1. The minimum Gasteiger partial charge on any atom is -0.357 e. The molecule has 1 aromatic heterocycles. The van der Waals surface area contributed by atoms with E-state index in [9.17, 15) is 13.2 Å². The van der Waals surface area contributed by atoms with Crippen LogP contribution in [0, 0.1) is 6.92 Å². The Labute approximate surface area is 133 Å². The standard InChI is InChI=1S/C16H19F3N4/c1-4-23(5-2)15-10-14(20-11(3)21-15)22-13-8-6-7-12(9-13)16(17,18)19/h6-10H,4-5H2,1-3H3,(H,20,21,22). The summed E-state index contributed by atoms with van der Waals surface area (Å²) in [5.74, 6) is 1.78. The van der Waals surface area contributed by atoms with E-state index in [1.165, 1.54) is 6.07 Å². The minimum atomic E-state index is -4.37. The highest BCUT2D eigenvalue weighted by Gasteiger charge is 2.30. The maximum Gasteiger partial charge on any atom is 0.416 e. The number of halogens is 3. The fourth-order valence-electron chi connectivity index (χ4n) is 2.25. The van der Waals surface area contributed by atoms with E-state index in [0.29, 0.717) is 17.3 Å². The Morgan fingerprint density at radius 3 is 2.39 bits per heavy atom. The van der Waals surface area contributed by atoms with Gasteiger partial charge in [0, 0.05) is 24.8 Å². The van der Waals surface area contributed by atoms with Gasteiger partial charge < -0.3 is 10.2 Å². The van der Waals surface area contributed by atoms with Gasteiger partial charge in [0.2, 0.25) is 0 Å². The molecule has 0 bridgehead atoms. The minimum absolute atomic E-state index is 0.337. The Balaban J connectivity index is 2.30. The highest BCUT2D eigenvalue weighted by molar-refractivity contribution is 5.60. The maximum atomic E-state index is 12.8. The number of hydrogen-bond donors (Lipinski definition) is 1. The third kappa shape index (κ3) is 4.34. The zero-order valence-electron chi connectivity index (χ0n) is 13.3. The fourth-order valence-corrected chi connectivity index (χ4v) is 2.25.